The van der Waals surface area contributed by atoms with E-state index < -0.39 is 12.1 Å². The Kier molecular flexibility index (Phi) is 4.94. The zero-order chi connectivity index (χ0) is 15.4. The summed E-state index contributed by atoms with van der Waals surface area (Å²) in [4.78, 5) is 26.3. The maximum atomic E-state index is 13.0. The van der Waals surface area contributed by atoms with Gasteiger partial charge >= 0.3 is 0 Å². The smallest absolute Gasteiger partial charge is 0.246 e. The molecule has 0 spiro atoms. The van der Waals surface area contributed by atoms with Gasteiger partial charge in [-0.05, 0) is 30.5 Å². The minimum atomic E-state index is -0.453. The number of halogens is 1. The van der Waals surface area contributed by atoms with E-state index in [0.717, 1.165) is 12.0 Å². The van der Waals surface area contributed by atoms with Crippen LogP contribution >= 0.6 is 0 Å². The van der Waals surface area contributed by atoms with Gasteiger partial charge < -0.3 is 10.2 Å². The fourth-order valence-electron chi connectivity index (χ4n) is 2.64. The van der Waals surface area contributed by atoms with Crippen LogP contribution in [0.25, 0.3) is 0 Å². The summed E-state index contributed by atoms with van der Waals surface area (Å²) in [6, 6.07) is 5.16. The highest BCUT2D eigenvalue weighted by atomic mass is 19.1. The van der Waals surface area contributed by atoms with Crippen molar-refractivity contribution < 1.29 is 14.0 Å². The molecular formula is C16H21FN2O2. The normalized spacial score (nSPS) is 22.3. The molecule has 0 radical (unpaired) electrons. The molecule has 2 unspecified atom stereocenters. The highest BCUT2D eigenvalue weighted by molar-refractivity contribution is 5.96. The molecule has 21 heavy (non-hydrogen) atoms. The number of hydrogen-bond acceptors (Lipinski definition) is 2. The van der Waals surface area contributed by atoms with E-state index in [4.69, 9.17) is 0 Å². The van der Waals surface area contributed by atoms with E-state index in [1.807, 2.05) is 13.8 Å². The van der Waals surface area contributed by atoms with Gasteiger partial charge in [-0.15, -0.1) is 0 Å². The van der Waals surface area contributed by atoms with Crippen LogP contribution in [0.15, 0.2) is 24.3 Å². The molecule has 0 bridgehead atoms. The van der Waals surface area contributed by atoms with Crippen LogP contribution in [0.1, 0.15) is 38.7 Å². The molecule has 1 aliphatic rings. The monoisotopic (exact) mass is 292 g/mol. The van der Waals surface area contributed by atoms with Crippen molar-refractivity contribution in [3.05, 3.63) is 35.6 Å². The molecule has 2 atom stereocenters. The molecule has 4 nitrogen and oxygen atoms in total. The number of carbonyl (C=O) groups is 2. The number of piperazine rings is 1. The lowest BCUT2D eigenvalue weighted by Gasteiger charge is -2.38. The van der Waals surface area contributed by atoms with Gasteiger partial charge in [-0.2, -0.15) is 0 Å². The second-order valence-corrected chi connectivity index (χ2v) is 5.37. The summed E-state index contributed by atoms with van der Waals surface area (Å²) in [6.07, 6.45) is 2.03. The highest BCUT2D eigenvalue weighted by Crippen LogP contribution is 2.19. The molecule has 2 rings (SSSR count). The van der Waals surface area contributed by atoms with Gasteiger partial charge in [-0.25, -0.2) is 4.39 Å². The first kappa shape index (κ1) is 15.5. The van der Waals surface area contributed by atoms with Gasteiger partial charge in [0.05, 0.1) is 0 Å². The molecule has 0 aromatic heterocycles. The van der Waals surface area contributed by atoms with Crippen molar-refractivity contribution in [1.29, 1.82) is 0 Å². The molecule has 0 saturated carbocycles. The van der Waals surface area contributed by atoms with Gasteiger partial charge in [0, 0.05) is 6.54 Å². The lowest BCUT2D eigenvalue weighted by atomic mass is 10.0. The van der Waals surface area contributed by atoms with Crippen LogP contribution in [0.4, 0.5) is 4.39 Å². The van der Waals surface area contributed by atoms with E-state index in [0.29, 0.717) is 19.4 Å². The van der Waals surface area contributed by atoms with Crippen molar-refractivity contribution in [2.24, 2.45) is 0 Å². The molecule has 1 N–H and O–H groups in total. The molecule has 1 aromatic rings. The summed E-state index contributed by atoms with van der Waals surface area (Å²) in [5.74, 6) is -0.455. The van der Waals surface area contributed by atoms with Gasteiger partial charge in [0.1, 0.15) is 17.9 Å². The van der Waals surface area contributed by atoms with Crippen molar-refractivity contribution in [2.45, 2.75) is 51.7 Å². The molecule has 1 aliphatic heterocycles. The quantitative estimate of drug-likeness (QED) is 0.904. The molecule has 1 fully saturated rings. The lowest BCUT2D eigenvalue weighted by molar-refractivity contribution is -0.150. The Labute approximate surface area is 124 Å². The topological polar surface area (TPSA) is 49.4 Å². The van der Waals surface area contributed by atoms with E-state index >= 15 is 0 Å². The van der Waals surface area contributed by atoms with Crippen LogP contribution in [0, 0.1) is 5.82 Å². The summed E-state index contributed by atoms with van der Waals surface area (Å²) in [6.45, 7) is 4.20. The number of benzene rings is 1. The summed E-state index contributed by atoms with van der Waals surface area (Å²) in [5, 5.41) is 2.79. The molecule has 2 amide bonds. The number of rotatable bonds is 5. The third-order valence-corrected chi connectivity index (χ3v) is 3.81. The highest BCUT2D eigenvalue weighted by Gasteiger charge is 2.38. The third-order valence-electron chi connectivity index (χ3n) is 3.81. The van der Waals surface area contributed by atoms with E-state index in [1.54, 1.807) is 17.0 Å². The largest absolute Gasteiger partial charge is 0.343 e. The van der Waals surface area contributed by atoms with Crippen LogP contribution in [0.2, 0.25) is 0 Å². The number of amides is 2. The molecule has 0 aliphatic carbocycles. The summed E-state index contributed by atoms with van der Waals surface area (Å²) >= 11 is 0. The van der Waals surface area contributed by atoms with Crippen molar-refractivity contribution in [3.63, 3.8) is 0 Å². The maximum Gasteiger partial charge on any atom is 0.246 e. The zero-order valence-corrected chi connectivity index (χ0v) is 12.4. The van der Waals surface area contributed by atoms with E-state index in [9.17, 15) is 14.0 Å². The Morgan fingerprint density at radius 1 is 1.19 bits per heavy atom. The van der Waals surface area contributed by atoms with Crippen LogP contribution in [0.3, 0.4) is 0 Å². The Bertz CT molecular complexity index is 516. The van der Waals surface area contributed by atoms with Crippen LogP contribution in [-0.2, 0) is 16.1 Å². The maximum absolute atomic E-state index is 13.0. The van der Waals surface area contributed by atoms with E-state index in [-0.39, 0.29) is 17.6 Å². The minimum absolute atomic E-state index is 0.0557. The molecule has 5 heteroatoms. The molecule has 1 heterocycles. The Balaban J connectivity index is 2.22. The molecule has 1 aromatic carbocycles. The van der Waals surface area contributed by atoms with Crippen molar-refractivity contribution in [2.75, 3.05) is 0 Å². The average Bonchev–Trinajstić information content (AvgIpc) is 2.48. The van der Waals surface area contributed by atoms with Crippen LogP contribution in [-0.4, -0.2) is 28.8 Å². The number of hydrogen-bond donors (Lipinski definition) is 1. The second-order valence-electron chi connectivity index (χ2n) is 5.37. The van der Waals surface area contributed by atoms with Crippen molar-refractivity contribution in [3.8, 4) is 0 Å². The summed E-state index contributed by atoms with van der Waals surface area (Å²) in [5.41, 5.74) is 0.829. The first-order valence-electron chi connectivity index (χ1n) is 7.42. The van der Waals surface area contributed by atoms with Crippen molar-refractivity contribution in [1.82, 2.24) is 10.2 Å². The Hall–Kier alpha value is -1.91. The van der Waals surface area contributed by atoms with Crippen molar-refractivity contribution >= 4 is 11.8 Å². The molecular weight excluding hydrogens is 271 g/mol. The summed E-state index contributed by atoms with van der Waals surface area (Å²) < 4.78 is 13.0. The average molecular weight is 292 g/mol. The van der Waals surface area contributed by atoms with E-state index in [2.05, 4.69) is 5.32 Å². The third kappa shape index (κ3) is 3.40. The standard InChI is InChI=1S/C16H21FN2O2/c1-3-5-14-15(20)18-13(4-2)16(21)19(14)10-11-6-8-12(17)9-7-11/h6-9,13-14H,3-5,10H2,1-2H3,(H,18,20). The number of nitrogens with zero attached hydrogens (tertiary/aromatic N) is 1. The molecule has 1 saturated heterocycles. The zero-order valence-electron chi connectivity index (χ0n) is 12.4. The first-order chi connectivity index (χ1) is 10.1. The van der Waals surface area contributed by atoms with Gasteiger partial charge in [0.2, 0.25) is 11.8 Å². The van der Waals surface area contributed by atoms with Crippen LogP contribution < -0.4 is 5.32 Å². The van der Waals surface area contributed by atoms with Crippen LogP contribution in [0.5, 0.6) is 0 Å². The molecule has 114 valence electrons. The van der Waals surface area contributed by atoms with Gasteiger partial charge in [0.25, 0.3) is 0 Å². The number of carbonyl (C=O) groups excluding carboxylic acids is 2. The predicted octanol–water partition coefficient (Wildman–Crippen LogP) is 2.23. The fourth-order valence-corrected chi connectivity index (χ4v) is 2.64. The summed E-state index contributed by atoms with van der Waals surface area (Å²) in [7, 11) is 0. The second kappa shape index (κ2) is 6.70. The number of nitrogens with one attached hydrogen (secondary N) is 1. The van der Waals surface area contributed by atoms with Gasteiger partial charge in [-0.1, -0.05) is 32.4 Å². The SMILES string of the molecule is CCCC1C(=O)NC(CC)C(=O)N1Cc1ccc(F)cc1. The van der Waals surface area contributed by atoms with Gasteiger partial charge in [0.15, 0.2) is 0 Å². The lowest BCUT2D eigenvalue weighted by Crippen LogP contribution is -2.62. The van der Waals surface area contributed by atoms with E-state index in [1.165, 1.54) is 12.1 Å². The van der Waals surface area contributed by atoms with Gasteiger partial charge in [-0.3, -0.25) is 9.59 Å². The minimum Gasteiger partial charge on any atom is -0.343 e. The first-order valence-corrected chi connectivity index (χ1v) is 7.42. The Morgan fingerprint density at radius 3 is 2.43 bits per heavy atom. The Morgan fingerprint density at radius 2 is 1.86 bits per heavy atom. The fraction of sp³-hybridized carbons (Fsp3) is 0.500. The predicted molar refractivity (Wildman–Crippen MR) is 77.9 cm³/mol.